The lowest BCUT2D eigenvalue weighted by Gasteiger charge is -2.08. The number of nitriles is 1. The van der Waals surface area contributed by atoms with Crippen molar-refractivity contribution in [3.05, 3.63) is 35.4 Å². The van der Waals surface area contributed by atoms with Gasteiger partial charge in [0.05, 0.1) is 11.6 Å². The van der Waals surface area contributed by atoms with E-state index in [9.17, 15) is 0 Å². The van der Waals surface area contributed by atoms with E-state index in [1.165, 1.54) is 17.7 Å². The zero-order valence-electron chi connectivity index (χ0n) is 9.94. The van der Waals surface area contributed by atoms with E-state index in [4.69, 9.17) is 5.26 Å². The number of hydrogen-bond acceptors (Lipinski definition) is 3. The van der Waals surface area contributed by atoms with E-state index < -0.39 is 0 Å². The van der Waals surface area contributed by atoms with Gasteiger partial charge < -0.3 is 4.90 Å². The van der Waals surface area contributed by atoms with Gasteiger partial charge in [0.1, 0.15) is 0 Å². The van der Waals surface area contributed by atoms with E-state index in [0.29, 0.717) is 0 Å². The van der Waals surface area contributed by atoms with Crippen molar-refractivity contribution in [3.8, 4) is 6.07 Å². The van der Waals surface area contributed by atoms with Crippen LogP contribution in [0.4, 0.5) is 0 Å². The van der Waals surface area contributed by atoms with Crippen LogP contribution in [0, 0.1) is 11.3 Å². The van der Waals surface area contributed by atoms with Gasteiger partial charge in [-0.05, 0) is 50.5 Å². The summed E-state index contributed by atoms with van der Waals surface area (Å²) in [5.41, 5.74) is 2.00. The van der Waals surface area contributed by atoms with E-state index >= 15 is 0 Å². The minimum Gasteiger partial charge on any atom is -0.309 e. The summed E-state index contributed by atoms with van der Waals surface area (Å²) in [6, 6.07) is 10.0. The SMILES string of the molecule is CN(C)CCCSCc1cccc(C#N)c1. The molecule has 2 nitrogen and oxygen atoms in total. The minimum atomic E-state index is 0.756. The zero-order chi connectivity index (χ0) is 11.8. The van der Waals surface area contributed by atoms with Gasteiger partial charge in [0.15, 0.2) is 0 Å². The van der Waals surface area contributed by atoms with Crippen molar-refractivity contribution < 1.29 is 0 Å². The summed E-state index contributed by atoms with van der Waals surface area (Å²) in [7, 11) is 4.20. The molecule has 0 radical (unpaired) electrons. The van der Waals surface area contributed by atoms with Crippen molar-refractivity contribution >= 4 is 11.8 Å². The molecule has 0 heterocycles. The molecule has 0 unspecified atom stereocenters. The average molecular weight is 234 g/mol. The number of benzene rings is 1. The first-order valence-electron chi connectivity index (χ1n) is 5.44. The quantitative estimate of drug-likeness (QED) is 0.708. The van der Waals surface area contributed by atoms with Crippen molar-refractivity contribution in [2.75, 3.05) is 26.4 Å². The molecule has 0 aliphatic carbocycles. The molecule has 0 aromatic heterocycles. The van der Waals surface area contributed by atoms with Gasteiger partial charge >= 0.3 is 0 Å². The molecule has 1 aromatic rings. The van der Waals surface area contributed by atoms with E-state index in [2.05, 4.69) is 31.1 Å². The van der Waals surface area contributed by atoms with Crippen molar-refractivity contribution in [1.82, 2.24) is 4.90 Å². The second-order valence-electron chi connectivity index (χ2n) is 4.02. The van der Waals surface area contributed by atoms with Crippen LogP contribution in [0.1, 0.15) is 17.5 Å². The molecule has 16 heavy (non-hydrogen) atoms. The summed E-state index contributed by atoms with van der Waals surface area (Å²) in [6.45, 7) is 1.14. The first-order valence-corrected chi connectivity index (χ1v) is 6.59. The van der Waals surface area contributed by atoms with Crippen LogP contribution in [0.2, 0.25) is 0 Å². The molecule has 0 saturated heterocycles. The second kappa shape index (κ2) is 7.32. The molecular weight excluding hydrogens is 216 g/mol. The highest BCUT2D eigenvalue weighted by Gasteiger charge is 1.96. The average Bonchev–Trinajstić information content (AvgIpc) is 2.28. The van der Waals surface area contributed by atoms with Crippen molar-refractivity contribution in [2.24, 2.45) is 0 Å². The van der Waals surface area contributed by atoms with Crippen molar-refractivity contribution in [3.63, 3.8) is 0 Å². The molecule has 1 rings (SSSR count). The predicted octanol–water partition coefficient (Wildman–Crippen LogP) is 2.74. The molecule has 0 spiro atoms. The van der Waals surface area contributed by atoms with E-state index in [0.717, 1.165) is 17.9 Å². The molecule has 0 N–H and O–H groups in total. The van der Waals surface area contributed by atoms with Crippen LogP contribution < -0.4 is 0 Å². The monoisotopic (exact) mass is 234 g/mol. The summed E-state index contributed by atoms with van der Waals surface area (Å²) in [5.74, 6) is 2.18. The maximum atomic E-state index is 8.77. The van der Waals surface area contributed by atoms with Gasteiger partial charge in [0, 0.05) is 5.75 Å². The Morgan fingerprint density at radius 1 is 1.38 bits per heavy atom. The molecular formula is C13H18N2S. The molecule has 0 fully saturated rings. The standard InChI is InChI=1S/C13H18N2S/c1-15(2)7-4-8-16-11-13-6-3-5-12(9-13)10-14/h3,5-6,9H,4,7-8,11H2,1-2H3. The fourth-order valence-electron chi connectivity index (χ4n) is 1.40. The molecule has 0 aliphatic rings. The van der Waals surface area contributed by atoms with Gasteiger partial charge in [-0.3, -0.25) is 0 Å². The summed E-state index contributed by atoms with van der Waals surface area (Å²) in [6.07, 6.45) is 1.22. The zero-order valence-corrected chi connectivity index (χ0v) is 10.8. The molecule has 0 aliphatic heterocycles. The van der Waals surface area contributed by atoms with Crippen molar-refractivity contribution in [1.29, 1.82) is 5.26 Å². The highest BCUT2D eigenvalue weighted by Crippen LogP contribution is 2.14. The van der Waals surface area contributed by atoms with Gasteiger partial charge in [-0.15, -0.1) is 0 Å². The van der Waals surface area contributed by atoms with Crippen LogP contribution in [0.3, 0.4) is 0 Å². The normalized spacial score (nSPS) is 10.4. The van der Waals surface area contributed by atoms with Crippen LogP contribution in [-0.4, -0.2) is 31.3 Å². The molecule has 0 atom stereocenters. The summed E-state index contributed by atoms with van der Waals surface area (Å²) >= 11 is 1.93. The molecule has 0 amide bonds. The molecule has 0 bridgehead atoms. The van der Waals surface area contributed by atoms with Crippen LogP contribution in [0.5, 0.6) is 0 Å². The Bertz CT molecular complexity index is 355. The van der Waals surface area contributed by atoms with Gasteiger partial charge in [0.25, 0.3) is 0 Å². The third-order valence-corrected chi connectivity index (χ3v) is 3.33. The van der Waals surface area contributed by atoms with Crippen LogP contribution in [-0.2, 0) is 5.75 Å². The molecule has 86 valence electrons. The Balaban J connectivity index is 2.24. The van der Waals surface area contributed by atoms with Gasteiger partial charge in [-0.2, -0.15) is 17.0 Å². The molecule has 3 heteroatoms. The van der Waals surface area contributed by atoms with Gasteiger partial charge in [-0.25, -0.2) is 0 Å². The molecule has 1 aromatic carbocycles. The third-order valence-electron chi connectivity index (χ3n) is 2.22. The Kier molecular flexibility index (Phi) is 5.99. The van der Waals surface area contributed by atoms with E-state index in [1.807, 2.05) is 30.0 Å². The fourth-order valence-corrected chi connectivity index (χ4v) is 2.30. The third kappa shape index (κ3) is 5.20. The predicted molar refractivity (Wildman–Crippen MR) is 70.5 cm³/mol. The van der Waals surface area contributed by atoms with Crippen LogP contribution in [0.15, 0.2) is 24.3 Å². The van der Waals surface area contributed by atoms with Crippen LogP contribution >= 0.6 is 11.8 Å². The van der Waals surface area contributed by atoms with Crippen molar-refractivity contribution in [2.45, 2.75) is 12.2 Å². The Hall–Kier alpha value is -0.980. The number of nitrogens with zero attached hydrogens (tertiary/aromatic N) is 2. The number of thioether (sulfide) groups is 1. The lowest BCUT2D eigenvalue weighted by molar-refractivity contribution is 0.410. The summed E-state index contributed by atoms with van der Waals surface area (Å²) < 4.78 is 0. The maximum Gasteiger partial charge on any atom is 0.0991 e. The molecule has 0 saturated carbocycles. The first kappa shape index (κ1) is 13.1. The lowest BCUT2D eigenvalue weighted by Crippen LogP contribution is -2.13. The topological polar surface area (TPSA) is 27.0 Å². The second-order valence-corrected chi connectivity index (χ2v) is 5.13. The minimum absolute atomic E-state index is 0.756. The highest BCUT2D eigenvalue weighted by molar-refractivity contribution is 7.98. The Morgan fingerprint density at radius 3 is 2.88 bits per heavy atom. The van der Waals surface area contributed by atoms with Gasteiger partial charge in [-0.1, -0.05) is 12.1 Å². The Morgan fingerprint density at radius 2 is 2.19 bits per heavy atom. The van der Waals surface area contributed by atoms with E-state index in [-0.39, 0.29) is 0 Å². The largest absolute Gasteiger partial charge is 0.309 e. The first-order chi connectivity index (χ1) is 7.72. The van der Waals surface area contributed by atoms with E-state index in [1.54, 1.807) is 0 Å². The lowest BCUT2D eigenvalue weighted by atomic mass is 10.2. The summed E-state index contributed by atoms with van der Waals surface area (Å²) in [5, 5.41) is 8.77. The highest BCUT2D eigenvalue weighted by atomic mass is 32.2. The number of hydrogen-bond donors (Lipinski definition) is 0. The van der Waals surface area contributed by atoms with Gasteiger partial charge in [0.2, 0.25) is 0 Å². The Labute approximate surface area is 102 Å². The smallest absolute Gasteiger partial charge is 0.0991 e. The van der Waals surface area contributed by atoms with Crippen LogP contribution in [0.25, 0.3) is 0 Å². The number of rotatable bonds is 6. The fraction of sp³-hybridized carbons (Fsp3) is 0.462. The summed E-state index contributed by atoms with van der Waals surface area (Å²) in [4.78, 5) is 2.21. The maximum absolute atomic E-state index is 8.77.